The van der Waals surface area contributed by atoms with E-state index >= 15 is 0 Å². The Morgan fingerprint density at radius 3 is 2.12 bits per heavy atom. The summed E-state index contributed by atoms with van der Waals surface area (Å²) >= 11 is 0. The van der Waals surface area contributed by atoms with Crippen molar-refractivity contribution in [3.8, 4) is 0 Å². The van der Waals surface area contributed by atoms with Gasteiger partial charge in [-0.3, -0.25) is 14.4 Å². The standard InChI is InChI=1S/C21H21NO3/c23-18-10-17(20(24)16-4-2-1-3-15(16)18)21(25)22-19-13-6-11-5-12(8-13)9-14(19)7-11/h1-4,10-14,19H,5-9H2,(H,22,25). The van der Waals surface area contributed by atoms with Crippen LogP contribution in [-0.2, 0) is 4.79 Å². The molecule has 0 heterocycles. The van der Waals surface area contributed by atoms with E-state index in [-0.39, 0.29) is 29.1 Å². The fourth-order valence-corrected chi connectivity index (χ4v) is 5.87. The molecular formula is C21H21NO3. The maximum atomic E-state index is 12.8. The van der Waals surface area contributed by atoms with E-state index in [2.05, 4.69) is 5.32 Å². The molecule has 5 aliphatic carbocycles. The van der Waals surface area contributed by atoms with Crippen molar-refractivity contribution in [3.05, 3.63) is 47.0 Å². The minimum absolute atomic E-state index is 0.00231. The number of rotatable bonds is 2. The number of Topliss-reactive ketones (excluding diaryl/α,β-unsaturated/α-hetero) is 1. The summed E-state index contributed by atoms with van der Waals surface area (Å²) in [5, 5.41) is 3.13. The SMILES string of the molecule is O=C(NC1C2CC3CC(C2)CC1C3)C1=CC(=O)c2ccccc2C1=O. The lowest BCUT2D eigenvalue weighted by molar-refractivity contribution is -0.121. The summed E-state index contributed by atoms with van der Waals surface area (Å²) in [6.07, 6.45) is 7.39. The number of hydrogen-bond donors (Lipinski definition) is 1. The maximum Gasteiger partial charge on any atom is 0.255 e. The van der Waals surface area contributed by atoms with E-state index in [1.807, 2.05) is 0 Å². The monoisotopic (exact) mass is 335 g/mol. The molecule has 1 N–H and O–H groups in total. The predicted octanol–water partition coefficient (Wildman–Crippen LogP) is 2.93. The molecule has 0 aromatic heterocycles. The lowest BCUT2D eigenvalue weighted by Gasteiger charge is -2.54. The summed E-state index contributed by atoms with van der Waals surface area (Å²) in [6, 6.07) is 6.89. The van der Waals surface area contributed by atoms with Crippen molar-refractivity contribution in [2.75, 3.05) is 0 Å². The molecule has 4 bridgehead atoms. The summed E-state index contributed by atoms with van der Waals surface area (Å²) in [4.78, 5) is 37.7. The van der Waals surface area contributed by atoms with Gasteiger partial charge in [-0.05, 0) is 55.8 Å². The van der Waals surface area contributed by atoms with Gasteiger partial charge in [-0.25, -0.2) is 0 Å². The average molecular weight is 335 g/mol. The van der Waals surface area contributed by atoms with Crippen LogP contribution >= 0.6 is 0 Å². The molecule has 4 saturated carbocycles. The van der Waals surface area contributed by atoms with Gasteiger partial charge in [0, 0.05) is 23.2 Å². The molecule has 0 atom stereocenters. The van der Waals surface area contributed by atoms with Crippen molar-refractivity contribution in [2.24, 2.45) is 23.7 Å². The molecule has 128 valence electrons. The van der Waals surface area contributed by atoms with Gasteiger partial charge < -0.3 is 5.32 Å². The minimum Gasteiger partial charge on any atom is -0.349 e. The van der Waals surface area contributed by atoms with Crippen molar-refractivity contribution in [1.82, 2.24) is 5.32 Å². The topological polar surface area (TPSA) is 63.2 Å². The molecule has 0 saturated heterocycles. The highest BCUT2D eigenvalue weighted by Crippen LogP contribution is 2.53. The first-order valence-electron chi connectivity index (χ1n) is 9.30. The number of allylic oxidation sites excluding steroid dienone is 1. The van der Waals surface area contributed by atoms with Crippen LogP contribution in [0.1, 0.15) is 52.8 Å². The summed E-state index contributed by atoms with van der Waals surface area (Å²) in [6.45, 7) is 0. The second-order valence-electron chi connectivity index (χ2n) is 8.23. The van der Waals surface area contributed by atoms with Crippen molar-refractivity contribution in [1.29, 1.82) is 0 Å². The van der Waals surface area contributed by atoms with E-state index in [4.69, 9.17) is 0 Å². The van der Waals surface area contributed by atoms with Gasteiger partial charge in [0.25, 0.3) is 5.91 Å². The molecule has 0 aliphatic heterocycles. The molecule has 6 rings (SSSR count). The number of ketones is 2. The van der Waals surface area contributed by atoms with Crippen molar-refractivity contribution in [2.45, 2.75) is 38.1 Å². The smallest absolute Gasteiger partial charge is 0.255 e. The summed E-state index contributed by atoms with van der Waals surface area (Å²) in [7, 11) is 0. The van der Waals surface area contributed by atoms with Gasteiger partial charge in [0.2, 0.25) is 0 Å². The molecule has 0 spiro atoms. The molecule has 1 amide bonds. The Hall–Kier alpha value is -2.23. The molecule has 4 heteroatoms. The normalized spacial score (nSPS) is 35.4. The number of fused-ring (bicyclic) bond motifs is 1. The van der Waals surface area contributed by atoms with E-state index < -0.39 is 0 Å². The lowest BCUT2D eigenvalue weighted by Crippen LogP contribution is -2.56. The quantitative estimate of drug-likeness (QED) is 0.845. The maximum absolute atomic E-state index is 12.8. The van der Waals surface area contributed by atoms with Crippen molar-refractivity contribution in [3.63, 3.8) is 0 Å². The van der Waals surface area contributed by atoms with Crippen LogP contribution in [0, 0.1) is 23.7 Å². The number of hydrogen-bond acceptors (Lipinski definition) is 3. The number of carbonyl (C=O) groups excluding carboxylic acids is 3. The zero-order valence-corrected chi connectivity index (χ0v) is 14.0. The zero-order valence-electron chi connectivity index (χ0n) is 14.0. The first-order chi connectivity index (χ1) is 12.1. The lowest BCUT2D eigenvalue weighted by atomic mass is 9.54. The van der Waals surface area contributed by atoms with Crippen molar-refractivity contribution >= 4 is 17.5 Å². The highest BCUT2D eigenvalue weighted by Gasteiger charge is 2.49. The van der Waals surface area contributed by atoms with Crippen LogP contribution in [0.5, 0.6) is 0 Å². The van der Waals surface area contributed by atoms with E-state index in [0.717, 1.165) is 11.8 Å². The largest absolute Gasteiger partial charge is 0.349 e. The first kappa shape index (κ1) is 15.1. The Labute approximate surface area is 146 Å². The van der Waals surface area contributed by atoms with Crippen LogP contribution in [0.15, 0.2) is 35.9 Å². The van der Waals surface area contributed by atoms with E-state index in [0.29, 0.717) is 23.0 Å². The molecule has 1 aromatic carbocycles. The third-order valence-corrected chi connectivity index (χ3v) is 6.73. The second-order valence-corrected chi connectivity index (χ2v) is 8.23. The number of nitrogens with one attached hydrogen (secondary N) is 1. The van der Waals surface area contributed by atoms with Gasteiger partial charge in [0.1, 0.15) is 0 Å². The fraction of sp³-hybridized carbons (Fsp3) is 0.476. The first-order valence-corrected chi connectivity index (χ1v) is 9.30. The Balaban J connectivity index is 1.39. The minimum atomic E-state index is -0.370. The molecule has 0 unspecified atom stereocenters. The Bertz CT molecular complexity index is 794. The van der Waals surface area contributed by atoms with Gasteiger partial charge in [-0.1, -0.05) is 24.3 Å². The van der Waals surface area contributed by atoms with Gasteiger partial charge in [-0.2, -0.15) is 0 Å². The van der Waals surface area contributed by atoms with Crippen LogP contribution in [-0.4, -0.2) is 23.5 Å². The molecule has 4 fully saturated rings. The third-order valence-electron chi connectivity index (χ3n) is 6.73. The van der Waals surface area contributed by atoms with E-state index in [9.17, 15) is 14.4 Å². The van der Waals surface area contributed by atoms with E-state index in [1.165, 1.54) is 38.2 Å². The van der Waals surface area contributed by atoms with Crippen LogP contribution in [0.25, 0.3) is 0 Å². The molecule has 5 aliphatic rings. The highest BCUT2D eigenvalue weighted by atomic mass is 16.2. The van der Waals surface area contributed by atoms with Gasteiger partial charge >= 0.3 is 0 Å². The molecule has 1 aromatic rings. The number of amides is 1. The van der Waals surface area contributed by atoms with Crippen LogP contribution in [0.2, 0.25) is 0 Å². The van der Waals surface area contributed by atoms with E-state index in [1.54, 1.807) is 24.3 Å². The molecule has 0 radical (unpaired) electrons. The second kappa shape index (κ2) is 5.38. The Morgan fingerprint density at radius 2 is 1.48 bits per heavy atom. The Kier molecular flexibility index (Phi) is 3.24. The predicted molar refractivity (Wildman–Crippen MR) is 92.2 cm³/mol. The van der Waals surface area contributed by atoms with Crippen LogP contribution in [0.4, 0.5) is 0 Å². The van der Waals surface area contributed by atoms with Crippen LogP contribution < -0.4 is 5.32 Å². The summed E-state index contributed by atoms with van der Waals surface area (Å²) in [5.74, 6) is 1.79. The zero-order chi connectivity index (χ0) is 17.1. The van der Waals surface area contributed by atoms with Gasteiger partial charge in [-0.15, -0.1) is 0 Å². The van der Waals surface area contributed by atoms with Gasteiger partial charge in [0.15, 0.2) is 11.6 Å². The summed E-state index contributed by atoms with van der Waals surface area (Å²) < 4.78 is 0. The van der Waals surface area contributed by atoms with Crippen LogP contribution in [0.3, 0.4) is 0 Å². The van der Waals surface area contributed by atoms with Crippen molar-refractivity contribution < 1.29 is 14.4 Å². The van der Waals surface area contributed by atoms with Gasteiger partial charge in [0.05, 0.1) is 5.57 Å². The number of carbonyl (C=O) groups is 3. The molecule has 25 heavy (non-hydrogen) atoms. The third kappa shape index (κ3) is 2.30. The average Bonchev–Trinajstić information content (AvgIpc) is 2.60. The highest BCUT2D eigenvalue weighted by molar-refractivity contribution is 6.34. The fourth-order valence-electron chi connectivity index (χ4n) is 5.87. The molecular weight excluding hydrogens is 314 g/mol. The summed E-state index contributed by atoms with van der Waals surface area (Å²) in [5.41, 5.74) is 0.724. The number of benzene rings is 1. The Morgan fingerprint density at radius 1 is 0.880 bits per heavy atom. The molecule has 4 nitrogen and oxygen atoms in total.